The Labute approximate surface area is 155 Å². The van der Waals surface area contributed by atoms with Gasteiger partial charge in [-0.2, -0.15) is 5.10 Å². The summed E-state index contributed by atoms with van der Waals surface area (Å²) in [6.45, 7) is 2.49. The van der Waals surface area contributed by atoms with Crippen molar-refractivity contribution in [2.24, 2.45) is 7.05 Å². The standard InChI is InChI=1S/C20H29N5O/c1-25-16-23-18(24-25)14-21-12-9-19(17-6-2-5-11-22-17)10-13-26-20(15-19)7-3-4-8-20/h2,5-6,11,16,21H,3-4,7-10,12-15H2,1H3. The van der Waals surface area contributed by atoms with Crippen molar-refractivity contribution in [3.8, 4) is 0 Å². The summed E-state index contributed by atoms with van der Waals surface area (Å²) in [5, 5.41) is 7.87. The van der Waals surface area contributed by atoms with E-state index < -0.39 is 0 Å². The van der Waals surface area contributed by atoms with Crippen LogP contribution in [0, 0.1) is 0 Å². The molecule has 0 radical (unpaired) electrons. The number of nitrogens with zero attached hydrogens (tertiary/aromatic N) is 4. The Balaban J connectivity index is 1.46. The fraction of sp³-hybridized carbons (Fsp3) is 0.650. The van der Waals surface area contributed by atoms with Gasteiger partial charge >= 0.3 is 0 Å². The lowest BCUT2D eigenvalue weighted by Crippen LogP contribution is -2.47. The number of nitrogens with one attached hydrogen (secondary N) is 1. The van der Waals surface area contributed by atoms with Gasteiger partial charge in [-0.3, -0.25) is 9.67 Å². The van der Waals surface area contributed by atoms with Gasteiger partial charge in [0.05, 0.1) is 12.1 Å². The van der Waals surface area contributed by atoms with Gasteiger partial charge in [0.15, 0.2) is 5.82 Å². The van der Waals surface area contributed by atoms with E-state index >= 15 is 0 Å². The first-order chi connectivity index (χ1) is 12.7. The molecule has 2 aromatic heterocycles. The summed E-state index contributed by atoms with van der Waals surface area (Å²) in [5.41, 5.74) is 1.42. The molecule has 6 nitrogen and oxygen atoms in total. The molecule has 4 rings (SSSR count). The Morgan fingerprint density at radius 3 is 2.81 bits per heavy atom. The molecule has 1 atom stereocenters. The highest BCUT2D eigenvalue weighted by Crippen LogP contribution is 2.49. The minimum absolute atomic E-state index is 0.0817. The summed E-state index contributed by atoms with van der Waals surface area (Å²) >= 11 is 0. The second-order valence-corrected chi connectivity index (χ2v) is 7.92. The van der Waals surface area contributed by atoms with Gasteiger partial charge in [0.1, 0.15) is 6.33 Å². The first-order valence-electron chi connectivity index (χ1n) is 9.81. The van der Waals surface area contributed by atoms with Crippen molar-refractivity contribution in [2.45, 2.75) is 62.5 Å². The molecule has 1 spiro atoms. The van der Waals surface area contributed by atoms with Crippen molar-refractivity contribution in [3.63, 3.8) is 0 Å². The molecule has 1 aliphatic heterocycles. The topological polar surface area (TPSA) is 64.9 Å². The fourth-order valence-corrected chi connectivity index (χ4v) is 4.79. The summed E-state index contributed by atoms with van der Waals surface area (Å²) in [5.74, 6) is 0.846. The maximum Gasteiger partial charge on any atom is 0.164 e. The molecule has 26 heavy (non-hydrogen) atoms. The second-order valence-electron chi connectivity index (χ2n) is 7.92. The Morgan fingerprint density at radius 1 is 1.19 bits per heavy atom. The van der Waals surface area contributed by atoms with E-state index in [1.54, 1.807) is 11.0 Å². The van der Waals surface area contributed by atoms with Crippen LogP contribution < -0.4 is 5.32 Å². The first kappa shape index (κ1) is 17.6. The molecule has 0 bridgehead atoms. The molecule has 0 amide bonds. The van der Waals surface area contributed by atoms with Crippen LogP contribution in [-0.2, 0) is 23.7 Å². The number of hydrogen-bond acceptors (Lipinski definition) is 5. The summed E-state index contributed by atoms with van der Waals surface area (Å²) in [4.78, 5) is 9.05. The van der Waals surface area contributed by atoms with Crippen LogP contribution in [0.3, 0.4) is 0 Å². The van der Waals surface area contributed by atoms with Gasteiger partial charge in [-0.1, -0.05) is 18.9 Å². The Kier molecular flexibility index (Phi) is 5.05. The zero-order valence-electron chi connectivity index (χ0n) is 15.7. The van der Waals surface area contributed by atoms with Gasteiger partial charge in [-0.15, -0.1) is 0 Å². The van der Waals surface area contributed by atoms with Crippen molar-refractivity contribution in [3.05, 3.63) is 42.2 Å². The van der Waals surface area contributed by atoms with Gasteiger partial charge in [0, 0.05) is 31.0 Å². The van der Waals surface area contributed by atoms with Crippen molar-refractivity contribution in [1.82, 2.24) is 25.1 Å². The Morgan fingerprint density at radius 2 is 2.08 bits per heavy atom. The van der Waals surface area contributed by atoms with E-state index in [9.17, 15) is 0 Å². The van der Waals surface area contributed by atoms with Gasteiger partial charge in [0.25, 0.3) is 0 Å². The molecular formula is C20H29N5O. The molecule has 1 saturated carbocycles. The number of ether oxygens (including phenoxy) is 1. The van der Waals surface area contributed by atoms with Crippen LogP contribution >= 0.6 is 0 Å². The maximum atomic E-state index is 6.31. The second kappa shape index (κ2) is 7.45. The molecule has 2 aromatic rings. The summed E-state index contributed by atoms with van der Waals surface area (Å²) in [7, 11) is 1.90. The zero-order valence-corrected chi connectivity index (χ0v) is 15.7. The molecule has 1 saturated heterocycles. The number of rotatable bonds is 6. The molecule has 1 unspecified atom stereocenters. The molecule has 140 valence electrons. The number of aromatic nitrogens is 4. The molecule has 2 aliphatic rings. The van der Waals surface area contributed by atoms with E-state index in [1.165, 1.54) is 31.4 Å². The highest BCUT2D eigenvalue weighted by atomic mass is 16.5. The predicted octanol–water partition coefficient (Wildman–Crippen LogP) is 2.75. The lowest BCUT2D eigenvalue weighted by atomic mass is 9.68. The van der Waals surface area contributed by atoms with Crippen LogP contribution in [0.1, 0.15) is 56.5 Å². The number of hydrogen-bond donors (Lipinski definition) is 1. The minimum atomic E-state index is 0.0817. The number of aryl methyl sites for hydroxylation is 1. The predicted molar refractivity (Wildman–Crippen MR) is 99.6 cm³/mol. The summed E-state index contributed by atoms with van der Waals surface area (Å²) in [6.07, 6.45) is 11.9. The van der Waals surface area contributed by atoms with Crippen LogP contribution in [0.15, 0.2) is 30.7 Å². The quantitative estimate of drug-likeness (QED) is 0.807. The van der Waals surface area contributed by atoms with Gasteiger partial charge in [0.2, 0.25) is 0 Å². The molecule has 6 heteroatoms. The Hall–Kier alpha value is -1.79. The third-order valence-electron chi connectivity index (χ3n) is 6.08. The average Bonchev–Trinajstić information content (AvgIpc) is 3.29. The smallest absolute Gasteiger partial charge is 0.164 e. The van der Waals surface area contributed by atoms with Gasteiger partial charge in [-0.05, 0) is 50.8 Å². The average molecular weight is 355 g/mol. The lowest BCUT2D eigenvalue weighted by molar-refractivity contribution is -0.104. The molecule has 1 N–H and O–H groups in total. The van der Waals surface area contributed by atoms with Crippen molar-refractivity contribution in [2.75, 3.05) is 13.2 Å². The van der Waals surface area contributed by atoms with Crippen molar-refractivity contribution in [1.29, 1.82) is 0 Å². The largest absolute Gasteiger partial charge is 0.375 e. The summed E-state index contributed by atoms with van der Waals surface area (Å²) < 4.78 is 8.06. The van der Waals surface area contributed by atoms with Crippen molar-refractivity contribution >= 4 is 0 Å². The van der Waals surface area contributed by atoms with E-state index in [2.05, 4.69) is 27.5 Å². The lowest BCUT2D eigenvalue weighted by Gasteiger charge is -2.46. The van der Waals surface area contributed by atoms with Crippen LogP contribution in [0.5, 0.6) is 0 Å². The minimum Gasteiger partial charge on any atom is -0.375 e. The van der Waals surface area contributed by atoms with E-state index in [-0.39, 0.29) is 11.0 Å². The Bertz CT molecular complexity index is 710. The van der Waals surface area contributed by atoms with Crippen LogP contribution in [0.25, 0.3) is 0 Å². The van der Waals surface area contributed by atoms with Crippen LogP contribution in [-0.4, -0.2) is 38.5 Å². The molecule has 2 fully saturated rings. The normalized spacial score (nSPS) is 25.0. The van der Waals surface area contributed by atoms with Crippen LogP contribution in [0.2, 0.25) is 0 Å². The summed E-state index contributed by atoms with van der Waals surface area (Å²) in [6, 6.07) is 6.33. The third kappa shape index (κ3) is 3.67. The van der Waals surface area contributed by atoms with E-state index in [0.717, 1.165) is 38.2 Å². The van der Waals surface area contributed by atoms with Crippen LogP contribution in [0.4, 0.5) is 0 Å². The van der Waals surface area contributed by atoms with Gasteiger partial charge < -0.3 is 10.1 Å². The first-order valence-corrected chi connectivity index (χ1v) is 9.81. The SMILES string of the molecule is Cn1cnc(CNCCC2(c3ccccn3)CCOC3(CCCC3)C2)n1. The van der Waals surface area contributed by atoms with E-state index in [0.29, 0.717) is 6.54 Å². The fourth-order valence-electron chi connectivity index (χ4n) is 4.79. The maximum absolute atomic E-state index is 6.31. The highest BCUT2D eigenvalue weighted by molar-refractivity contribution is 5.20. The van der Waals surface area contributed by atoms with Crippen molar-refractivity contribution < 1.29 is 4.74 Å². The van der Waals surface area contributed by atoms with E-state index in [1.807, 2.05) is 19.3 Å². The molecule has 1 aliphatic carbocycles. The molecular weight excluding hydrogens is 326 g/mol. The monoisotopic (exact) mass is 355 g/mol. The number of pyridine rings is 1. The van der Waals surface area contributed by atoms with Gasteiger partial charge in [-0.25, -0.2) is 4.98 Å². The third-order valence-corrected chi connectivity index (χ3v) is 6.08. The highest BCUT2D eigenvalue weighted by Gasteiger charge is 2.48. The van der Waals surface area contributed by atoms with E-state index in [4.69, 9.17) is 9.72 Å². The zero-order chi connectivity index (χ0) is 17.9. The molecule has 3 heterocycles. The molecule has 0 aromatic carbocycles.